The molecule has 0 aliphatic rings. The summed E-state index contributed by atoms with van der Waals surface area (Å²) in [6.07, 6.45) is 0. The molecule has 2 aromatic heterocycles. The summed E-state index contributed by atoms with van der Waals surface area (Å²) in [5, 5.41) is 10.2. The van der Waals surface area contributed by atoms with Gasteiger partial charge in [-0.3, -0.25) is 0 Å². The quantitative estimate of drug-likeness (QED) is 0.153. The van der Waals surface area contributed by atoms with Crippen LogP contribution >= 0.6 is 11.3 Å². The fourth-order valence-corrected chi connectivity index (χ4v) is 10.3. The first-order chi connectivity index (χ1) is 29.3. The molecule has 0 amide bonds. The highest BCUT2D eigenvalue weighted by atomic mass is 32.1. The van der Waals surface area contributed by atoms with Crippen molar-refractivity contribution in [3.05, 3.63) is 218 Å². The predicted octanol–water partition coefficient (Wildman–Crippen LogP) is 16.3. The molecule has 3 heteroatoms. The lowest BCUT2D eigenvalue weighted by Crippen LogP contribution is -2.09. The number of benzene rings is 10. The van der Waals surface area contributed by atoms with E-state index < -0.39 is 0 Å². The Hall–Kier alpha value is -7.46. The van der Waals surface area contributed by atoms with Crippen LogP contribution in [0.3, 0.4) is 0 Å². The number of anilines is 3. The van der Waals surface area contributed by atoms with E-state index >= 15 is 0 Å². The third-order valence-corrected chi connectivity index (χ3v) is 13.1. The first-order valence-corrected chi connectivity index (χ1v) is 21.0. The van der Waals surface area contributed by atoms with Gasteiger partial charge >= 0.3 is 0 Å². The molecule has 0 saturated carbocycles. The summed E-state index contributed by atoms with van der Waals surface area (Å²) < 4.78 is 5.08. The number of fused-ring (bicyclic) bond motifs is 10. The molecule has 0 unspecified atom stereocenters. The number of aromatic nitrogens is 1. The van der Waals surface area contributed by atoms with Crippen LogP contribution in [0.25, 0.3) is 91.5 Å². The molecular formula is C56H36N2S. The minimum absolute atomic E-state index is 1.10. The van der Waals surface area contributed by atoms with Crippen LogP contribution < -0.4 is 4.90 Å². The second-order valence-electron chi connectivity index (χ2n) is 15.3. The number of hydrogen-bond donors (Lipinski definition) is 0. The van der Waals surface area contributed by atoms with E-state index in [9.17, 15) is 0 Å². The molecule has 2 nitrogen and oxygen atoms in total. The van der Waals surface area contributed by atoms with Crippen molar-refractivity contribution in [3.63, 3.8) is 0 Å². The average molecular weight is 769 g/mol. The molecule has 0 aliphatic heterocycles. The molecule has 276 valence electrons. The van der Waals surface area contributed by atoms with Gasteiger partial charge in [-0.05, 0) is 105 Å². The highest BCUT2D eigenvalue weighted by molar-refractivity contribution is 7.25. The maximum Gasteiger partial charge on any atom is 0.0619 e. The number of nitrogens with zero attached hydrogens (tertiary/aromatic N) is 2. The van der Waals surface area contributed by atoms with Crippen molar-refractivity contribution in [1.82, 2.24) is 4.57 Å². The van der Waals surface area contributed by atoms with Crippen LogP contribution in [0.4, 0.5) is 17.1 Å². The van der Waals surface area contributed by atoms with Gasteiger partial charge in [0.2, 0.25) is 0 Å². The van der Waals surface area contributed by atoms with Crippen molar-refractivity contribution < 1.29 is 0 Å². The Balaban J connectivity index is 1.05. The van der Waals surface area contributed by atoms with E-state index in [1.165, 1.54) is 85.8 Å². The summed E-state index contributed by atoms with van der Waals surface area (Å²) in [5.74, 6) is 0. The topological polar surface area (TPSA) is 8.17 Å². The van der Waals surface area contributed by atoms with Gasteiger partial charge < -0.3 is 9.47 Å². The first kappa shape index (κ1) is 33.7. The van der Waals surface area contributed by atoms with E-state index in [4.69, 9.17) is 0 Å². The molecule has 0 fully saturated rings. The van der Waals surface area contributed by atoms with Crippen molar-refractivity contribution in [2.45, 2.75) is 0 Å². The number of hydrogen-bond acceptors (Lipinski definition) is 2. The van der Waals surface area contributed by atoms with Crippen LogP contribution in [-0.2, 0) is 0 Å². The van der Waals surface area contributed by atoms with Crippen LogP contribution in [0.5, 0.6) is 0 Å². The minimum atomic E-state index is 1.10. The molecule has 59 heavy (non-hydrogen) atoms. The van der Waals surface area contributed by atoms with Crippen molar-refractivity contribution in [2.24, 2.45) is 0 Å². The molecule has 2 heterocycles. The fourth-order valence-electron chi connectivity index (χ4n) is 9.25. The van der Waals surface area contributed by atoms with Gasteiger partial charge in [-0.1, -0.05) is 152 Å². The van der Waals surface area contributed by atoms with Crippen molar-refractivity contribution >= 4 is 91.9 Å². The highest BCUT2D eigenvalue weighted by Gasteiger charge is 2.21. The maximum atomic E-state index is 2.47. The lowest BCUT2D eigenvalue weighted by molar-refractivity contribution is 1.18. The first-order valence-electron chi connectivity index (χ1n) is 20.2. The average Bonchev–Trinajstić information content (AvgIpc) is 3.86. The molecule has 0 radical (unpaired) electrons. The van der Waals surface area contributed by atoms with Crippen molar-refractivity contribution in [2.75, 3.05) is 4.90 Å². The lowest BCUT2D eigenvalue weighted by Gasteiger charge is -2.26. The zero-order chi connectivity index (χ0) is 38.9. The van der Waals surface area contributed by atoms with Crippen LogP contribution in [-0.4, -0.2) is 4.57 Å². The summed E-state index contributed by atoms with van der Waals surface area (Å²) in [7, 11) is 0. The van der Waals surface area contributed by atoms with E-state index in [-0.39, 0.29) is 0 Å². The zero-order valence-electron chi connectivity index (χ0n) is 32.1. The van der Waals surface area contributed by atoms with Crippen molar-refractivity contribution in [3.8, 4) is 27.9 Å². The van der Waals surface area contributed by atoms with E-state index in [2.05, 4.69) is 228 Å². The number of thiophene rings is 1. The molecular weight excluding hydrogens is 733 g/mol. The van der Waals surface area contributed by atoms with E-state index in [0.717, 1.165) is 22.7 Å². The predicted molar refractivity (Wildman–Crippen MR) is 254 cm³/mol. The molecule has 0 aliphatic carbocycles. The van der Waals surface area contributed by atoms with Crippen LogP contribution in [0, 0.1) is 0 Å². The summed E-state index contributed by atoms with van der Waals surface area (Å²) >= 11 is 1.85. The van der Waals surface area contributed by atoms with Gasteiger partial charge in [0.15, 0.2) is 0 Å². The van der Waals surface area contributed by atoms with Crippen molar-refractivity contribution in [1.29, 1.82) is 0 Å². The molecule has 0 atom stereocenters. The maximum absolute atomic E-state index is 2.47. The molecule has 12 aromatic rings. The Morgan fingerprint density at radius 1 is 0.356 bits per heavy atom. The summed E-state index contributed by atoms with van der Waals surface area (Å²) in [6.45, 7) is 0. The van der Waals surface area contributed by atoms with Gasteiger partial charge in [-0.2, -0.15) is 0 Å². The summed E-state index contributed by atoms with van der Waals surface area (Å²) in [5.41, 5.74) is 11.7. The SMILES string of the molecule is c1ccc(-c2ccc(N(c3ccc(-c4cccc5c6c7c(ccc8ccccc87)ccc6n(-c6ccccc6)c45)cc3)c3ccc4sc5ccccc5c4c3)cc2)cc1. The zero-order valence-corrected chi connectivity index (χ0v) is 32.9. The number of para-hydroxylation sites is 2. The van der Waals surface area contributed by atoms with E-state index in [1.54, 1.807) is 0 Å². The van der Waals surface area contributed by atoms with Gasteiger partial charge in [0.1, 0.15) is 0 Å². The van der Waals surface area contributed by atoms with E-state index in [1.807, 2.05) is 11.3 Å². The largest absolute Gasteiger partial charge is 0.310 e. The molecule has 12 rings (SSSR count). The van der Waals surface area contributed by atoms with Gasteiger partial charge in [-0.25, -0.2) is 0 Å². The Morgan fingerprint density at radius 2 is 0.949 bits per heavy atom. The highest BCUT2D eigenvalue weighted by Crippen LogP contribution is 2.45. The second-order valence-corrected chi connectivity index (χ2v) is 16.4. The Kier molecular flexibility index (Phi) is 7.75. The molecule has 0 bridgehead atoms. The van der Waals surface area contributed by atoms with E-state index in [0.29, 0.717) is 0 Å². The minimum Gasteiger partial charge on any atom is -0.310 e. The third kappa shape index (κ3) is 5.47. The fraction of sp³-hybridized carbons (Fsp3) is 0. The molecule has 10 aromatic carbocycles. The normalized spacial score (nSPS) is 11.7. The summed E-state index contributed by atoms with van der Waals surface area (Å²) in [4.78, 5) is 2.39. The van der Waals surface area contributed by atoms with Crippen LogP contribution in [0.15, 0.2) is 218 Å². The van der Waals surface area contributed by atoms with Gasteiger partial charge in [-0.15, -0.1) is 11.3 Å². The Morgan fingerprint density at radius 3 is 1.75 bits per heavy atom. The lowest BCUT2D eigenvalue weighted by atomic mass is 9.96. The van der Waals surface area contributed by atoms with Gasteiger partial charge in [0.25, 0.3) is 0 Å². The standard InChI is InChI=1S/C56H36N2S/c1-3-12-37(13-4-1)38-24-29-43(30-25-38)57(45-33-35-53-50(36-45)48-18-9-10-21-52(48)59-53)44-31-26-40(27-32-44)47-19-11-20-49-55-51(58(56(47)49)42-15-5-2-6-16-42)34-28-41-23-22-39-14-7-8-17-46(39)54(41)55/h1-36H. The monoisotopic (exact) mass is 768 g/mol. The summed E-state index contributed by atoms with van der Waals surface area (Å²) in [6, 6.07) is 79.9. The Bertz CT molecular complexity index is 3530. The Labute approximate surface area is 346 Å². The van der Waals surface area contributed by atoms with Gasteiger partial charge in [0, 0.05) is 59.3 Å². The van der Waals surface area contributed by atoms with Crippen LogP contribution in [0.1, 0.15) is 0 Å². The molecule has 0 saturated heterocycles. The third-order valence-electron chi connectivity index (χ3n) is 12.0. The number of rotatable bonds is 6. The smallest absolute Gasteiger partial charge is 0.0619 e. The molecule has 0 spiro atoms. The molecule has 0 N–H and O–H groups in total. The van der Waals surface area contributed by atoms with Gasteiger partial charge in [0.05, 0.1) is 11.0 Å². The second kappa shape index (κ2) is 13.6. The van der Waals surface area contributed by atoms with Crippen LogP contribution in [0.2, 0.25) is 0 Å².